The third-order valence-electron chi connectivity index (χ3n) is 7.02. The molecule has 35 heavy (non-hydrogen) atoms. The summed E-state index contributed by atoms with van der Waals surface area (Å²) < 4.78 is 10.3. The van der Waals surface area contributed by atoms with Gasteiger partial charge in [-0.2, -0.15) is 0 Å². The van der Waals surface area contributed by atoms with Crippen LogP contribution in [0.3, 0.4) is 0 Å². The second-order valence-electron chi connectivity index (χ2n) is 10.4. The smallest absolute Gasteiger partial charge is 0.337 e. The van der Waals surface area contributed by atoms with Crippen molar-refractivity contribution in [1.29, 1.82) is 0 Å². The van der Waals surface area contributed by atoms with Gasteiger partial charge in [0.2, 0.25) is 0 Å². The molecule has 0 bridgehead atoms. The van der Waals surface area contributed by atoms with Crippen LogP contribution < -0.4 is 16.0 Å². The van der Waals surface area contributed by atoms with E-state index in [0.717, 1.165) is 31.2 Å². The summed E-state index contributed by atoms with van der Waals surface area (Å²) in [4.78, 5) is 32.1. The summed E-state index contributed by atoms with van der Waals surface area (Å²) in [6, 6.07) is 15.7. The van der Waals surface area contributed by atoms with Gasteiger partial charge in [0, 0.05) is 18.7 Å². The van der Waals surface area contributed by atoms with E-state index in [-0.39, 0.29) is 22.7 Å². The first-order valence-electron chi connectivity index (χ1n) is 12.2. The van der Waals surface area contributed by atoms with Crippen molar-refractivity contribution in [2.24, 2.45) is 0 Å². The van der Waals surface area contributed by atoms with E-state index >= 15 is 0 Å². The maximum atomic E-state index is 13.8. The van der Waals surface area contributed by atoms with Crippen molar-refractivity contribution in [2.45, 2.75) is 64.5 Å². The molecule has 182 valence electrons. The van der Waals surface area contributed by atoms with Crippen molar-refractivity contribution in [3.8, 4) is 11.4 Å². The van der Waals surface area contributed by atoms with Crippen LogP contribution in [0.2, 0.25) is 0 Å². The molecule has 0 radical (unpaired) electrons. The highest BCUT2D eigenvalue weighted by Gasteiger charge is 2.26. The van der Waals surface area contributed by atoms with Gasteiger partial charge in [0.1, 0.15) is 5.75 Å². The van der Waals surface area contributed by atoms with Crippen molar-refractivity contribution in [3.63, 3.8) is 0 Å². The lowest BCUT2D eigenvalue weighted by molar-refractivity contribution is 0.414. The van der Waals surface area contributed by atoms with Crippen LogP contribution in [0, 0.1) is 0 Å². The van der Waals surface area contributed by atoms with Crippen molar-refractivity contribution >= 4 is 11.2 Å². The van der Waals surface area contributed by atoms with E-state index in [4.69, 9.17) is 4.74 Å². The number of aromatic nitrogens is 4. The Labute approximate surface area is 204 Å². The highest BCUT2D eigenvalue weighted by atomic mass is 16.5. The summed E-state index contributed by atoms with van der Waals surface area (Å²) in [6.45, 7) is 7.06. The third-order valence-corrected chi connectivity index (χ3v) is 7.02. The Balaban J connectivity index is 1.69. The molecule has 7 heteroatoms. The zero-order valence-corrected chi connectivity index (χ0v) is 20.8. The molecule has 0 spiro atoms. The van der Waals surface area contributed by atoms with E-state index in [1.54, 1.807) is 24.1 Å². The van der Waals surface area contributed by atoms with Crippen LogP contribution in [-0.2, 0) is 12.0 Å². The van der Waals surface area contributed by atoms with E-state index < -0.39 is 0 Å². The Morgan fingerprint density at radius 2 is 1.74 bits per heavy atom. The van der Waals surface area contributed by atoms with Gasteiger partial charge >= 0.3 is 5.69 Å². The highest BCUT2D eigenvalue weighted by molar-refractivity contribution is 5.72. The predicted molar refractivity (Wildman–Crippen MR) is 138 cm³/mol. The van der Waals surface area contributed by atoms with Crippen LogP contribution in [0.4, 0.5) is 0 Å². The number of benzene rings is 2. The van der Waals surface area contributed by atoms with Crippen LogP contribution in [0.5, 0.6) is 5.75 Å². The summed E-state index contributed by atoms with van der Waals surface area (Å²) in [5, 5.41) is 0. The standard InChI is InChI=1S/C28H32N4O3/c1-28(2,3)20-14-12-19(13-15-20)17-30-18-29-25-24(30)26(33)32(21-8-5-6-9-21)27(34)31(25)22-10-7-11-23(16-22)35-4/h7,10-16,18,21H,5-6,8-9,17H2,1-4H3. The number of nitrogens with zero attached hydrogens (tertiary/aromatic N) is 4. The Kier molecular flexibility index (Phi) is 5.87. The van der Waals surface area contributed by atoms with Crippen LogP contribution in [0.25, 0.3) is 16.9 Å². The average Bonchev–Trinajstić information content (AvgIpc) is 3.50. The highest BCUT2D eigenvalue weighted by Crippen LogP contribution is 2.28. The fourth-order valence-electron chi connectivity index (χ4n) is 5.05. The molecular formula is C28H32N4O3. The maximum Gasteiger partial charge on any atom is 0.337 e. The lowest BCUT2D eigenvalue weighted by Gasteiger charge is -2.19. The van der Waals surface area contributed by atoms with Crippen LogP contribution >= 0.6 is 0 Å². The van der Waals surface area contributed by atoms with E-state index in [9.17, 15) is 9.59 Å². The molecule has 2 aromatic heterocycles. The Bertz CT molecular complexity index is 1480. The molecule has 0 aliphatic heterocycles. The quantitative estimate of drug-likeness (QED) is 0.418. The van der Waals surface area contributed by atoms with Crippen LogP contribution in [0.1, 0.15) is 63.6 Å². The van der Waals surface area contributed by atoms with Gasteiger partial charge in [-0.3, -0.25) is 9.36 Å². The molecule has 2 aromatic carbocycles. The first kappa shape index (κ1) is 23.1. The van der Waals surface area contributed by atoms with Gasteiger partial charge in [-0.05, 0) is 41.5 Å². The molecule has 1 fully saturated rings. The zero-order chi connectivity index (χ0) is 24.7. The van der Waals surface area contributed by atoms with Crippen LogP contribution in [0.15, 0.2) is 64.4 Å². The first-order chi connectivity index (χ1) is 16.8. The minimum atomic E-state index is -0.345. The molecule has 5 rings (SSSR count). The van der Waals surface area contributed by atoms with Gasteiger partial charge in [0.25, 0.3) is 5.56 Å². The predicted octanol–water partition coefficient (Wildman–Crippen LogP) is 4.82. The molecule has 0 N–H and O–H groups in total. The van der Waals surface area contributed by atoms with Gasteiger partial charge in [0.05, 0.1) is 19.1 Å². The third kappa shape index (κ3) is 4.20. The molecule has 2 heterocycles. The molecule has 0 amide bonds. The Morgan fingerprint density at radius 1 is 1.03 bits per heavy atom. The summed E-state index contributed by atoms with van der Waals surface area (Å²) in [5.41, 5.74) is 3.24. The number of hydrogen-bond acceptors (Lipinski definition) is 4. The Morgan fingerprint density at radius 3 is 2.40 bits per heavy atom. The summed E-state index contributed by atoms with van der Waals surface area (Å²) in [6.07, 6.45) is 5.38. The molecular weight excluding hydrogens is 440 g/mol. The van der Waals surface area contributed by atoms with Gasteiger partial charge in [-0.15, -0.1) is 0 Å². The molecule has 1 aliphatic rings. The number of rotatable bonds is 5. The summed E-state index contributed by atoms with van der Waals surface area (Å²) in [5.74, 6) is 0.638. The van der Waals surface area contributed by atoms with E-state index in [1.165, 1.54) is 10.1 Å². The minimum absolute atomic E-state index is 0.0715. The van der Waals surface area contributed by atoms with Crippen molar-refractivity contribution in [3.05, 3.63) is 86.8 Å². The molecule has 7 nitrogen and oxygen atoms in total. The van der Waals surface area contributed by atoms with Gasteiger partial charge < -0.3 is 9.30 Å². The molecule has 4 aromatic rings. The molecule has 1 saturated carbocycles. The van der Waals surface area contributed by atoms with Crippen molar-refractivity contribution in [2.75, 3.05) is 7.11 Å². The average molecular weight is 473 g/mol. The largest absolute Gasteiger partial charge is 0.497 e. The number of imidazole rings is 1. The normalized spacial score (nSPS) is 14.6. The van der Waals surface area contributed by atoms with E-state index in [1.807, 2.05) is 22.8 Å². The topological polar surface area (TPSA) is 71.1 Å². The van der Waals surface area contributed by atoms with Crippen molar-refractivity contribution < 1.29 is 4.74 Å². The summed E-state index contributed by atoms with van der Waals surface area (Å²) in [7, 11) is 1.59. The monoisotopic (exact) mass is 472 g/mol. The lowest BCUT2D eigenvalue weighted by Crippen LogP contribution is -2.41. The first-order valence-corrected chi connectivity index (χ1v) is 12.2. The van der Waals surface area contributed by atoms with Gasteiger partial charge in [-0.25, -0.2) is 14.3 Å². The van der Waals surface area contributed by atoms with E-state index in [0.29, 0.717) is 29.1 Å². The fourth-order valence-corrected chi connectivity index (χ4v) is 5.05. The SMILES string of the molecule is COc1cccc(-n2c(=O)n(C3CCCC3)c(=O)c3c2ncn3Cc2ccc(C(C)(C)C)cc2)c1. The number of methoxy groups -OCH3 is 1. The number of hydrogen-bond donors (Lipinski definition) is 0. The van der Waals surface area contributed by atoms with Gasteiger partial charge in [-0.1, -0.05) is 63.9 Å². The fraction of sp³-hybridized carbons (Fsp3) is 0.393. The van der Waals surface area contributed by atoms with E-state index in [2.05, 4.69) is 50.0 Å². The molecule has 0 saturated heterocycles. The van der Waals surface area contributed by atoms with Crippen molar-refractivity contribution in [1.82, 2.24) is 18.7 Å². The minimum Gasteiger partial charge on any atom is -0.497 e. The van der Waals surface area contributed by atoms with Crippen LogP contribution in [-0.4, -0.2) is 25.8 Å². The number of fused-ring (bicyclic) bond motifs is 1. The summed E-state index contributed by atoms with van der Waals surface area (Å²) >= 11 is 0. The van der Waals surface area contributed by atoms with Gasteiger partial charge in [0.15, 0.2) is 11.2 Å². The Hall–Kier alpha value is -3.61. The second-order valence-corrected chi connectivity index (χ2v) is 10.4. The molecule has 0 atom stereocenters. The zero-order valence-electron chi connectivity index (χ0n) is 20.8. The maximum absolute atomic E-state index is 13.8. The molecule has 0 unspecified atom stereocenters. The lowest BCUT2D eigenvalue weighted by atomic mass is 9.87. The molecule has 1 aliphatic carbocycles. The number of ether oxygens (including phenoxy) is 1. The second kappa shape index (κ2) is 8.87.